The minimum atomic E-state index is -3.87. The first-order valence-electron chi connectivity index (χ1n) is 5.31. The number of benzene rings is 1. The molecule has 0 saturated carbocycles. The standard InChI is InChI=1S/C11H13BrFN3O2S/c1-7(3-4-14)16(2)19(17,18)11-5-8(12)9(13)6-10(11)15/h5-7H,3,15H2,1-2H3. The number of nitrogens with zero attached hydrogens (tertiary/aromatic N) is 2. The lowest BCUT2D eigenvalue weighted by atomic mass is 10.3. The van der Waals surface area contributed by atoms with Gasteiger partial charge in [-0.25, -0.2) is 12.8 Å². The van der Waals surface area contributed by atoms with Crippen molar-refractivity contribution >= 4 is 31.6 Å². The molecule has 1 aromatic carbocycles. The summed E-state index contributed by atoms with van der Waals surface area (Å²) in [5.74, 6) is -0.635. The van der Waals surface area contributed by atoms with Gasteiger partial charge >= 0.3 is 0 Å². The lowest BCUT2D eigenvalue weighted by Crippen LogP contribution is -2.35. The van der Waals surface area contributed by atoms with Crippen LogP contribution >= 0.6 is 15.9 Å². The van der Waals surface area contributed by atoms with Crippen LogP contribution in [0.4, 0.5) is 10.1 Å². The predicted molar refractivity (Wildman–Crippen MR) is 73.2 cm³/mol. The van der Waals surface area contributed by atoms with Gasteiger partial charge in [0.15, 0.2) is 0 Å². The Kier molecular flexibility index (Phi) is 4.90. The Bertz CT molecular complexity index is 628. The van der Waals surface area contributed by atoms with E-state index in [1.807, 2.05) is 6.07 Å². The van der Waals surface area contributed by atoms with Crippen molar-refractivity contribution in [3.05, 3.63) is 22.4 Å². The molecule has 0 bridgehead atoms. The highest BCUT2D eigenvalue weighted by Crippen LogP contribution is 2.28. The summed E-state index contributed by atoms with van der Waals surface area (Å²) in [5.41, 5.74) is 5.39. The molecular formula is C11H13BrFN3O2S. The number of nitrogen functional groups attached to an aromatic ring is 1. The summed E-state index contributed by atoms with van der Waals surface area (Å²) in [7, 11) is -2.51. The van der Waals surface area contributed by atoms with Crippen molar-refractivity contribution in [1.82, 2.24) is 4.31 Å². The SMILES string of the molecule is CC(CC#N)N(C)S(=O)(=O)c1cc(Br)c(F)cc1N. The van der Waals surface area contributed by atoms with E-state index in [4.69, 9.17) is 11.0 Å². The Morgan fingerprint density at radius 3 is 2.68 bits per heavy atom. The third-order valence-corrected chi connectivity index (χ3v) is 5.35. The molecule has 1 unspecified atom stereocenters. The lowest BCUT2D eigenvalue weighted by Gasteiger charge is -2.23. The van der Waals surface area contributed by atoms with Crippen LogP contribution in [-0.4, -0.2) is 25.8 Å². The van der Waals surface area contributed by atoms with Gasteiger partial charge in [-0.3, -0.25) is 0 Å². The molecular weight excluding hydrogens is 337 g/mol. The van der Waals surface area contributed by atoms with Gasteiger partial charge in [0.05, 0.1) is 22.7 Å². The van der Waals surface area contributed by atoms with E-state index in [1.165, 1.54) is 7.05 Å². The van der Waals surface area contributed by atoms with Crippen molar-refractivity contribution in [2.24, 2.45) is 0 Å². The molecule has 1 atom stereocenters. The van der Waals surface area contributed by atoms with Crippen LogP contribution in [0.15, 0.2) is 21.5 Å². The third kappa shape index (κ3) is 3.23. The molecule has 104 valence electrons. The molecule has 5 nitrogen and oxygen atoms in total. The van der Waals surface area contributed by atoms with Crippen LogP contribution in [0, 0.1) is 17.1 Å². The molecule has 1 aromatic rings. The van der Waals surface area contributed by atoms with E-state index in [0.29, 0.717) is 0 Å². The van der Waals surface area contributed by atoms with Gasteiger partial charge in [-0.2, -0.15) is 9.57 Å². The van der Waals surface area contributed by atoms with Gasteiger partial charge in [-0.1, -0.05) is 0 Å². The van der Waals surface area contributed by atoms with Crippen LogP contribution < -0.4 is 5.73 Å². The van der Waals surface area contributed by atoms with Crippen LogP contribution in [0.5, 0.6) is 0 Å². The second kappa shape index (κ2) is 5.86. The molecule has 8 heteroatoms. The molecule has 19 heavy (non-hydrogen) atoms. The summed E-state index contributed by atoms with van der Waals surface area (Å²) in [6.45, 7) is 1.61. The summed E-state index contributed by atoms with van der Waals surface area (Å²) in [4.78, 5) is -0.187. The van der Waals surface area contributed by atoms with E-state index < -0.39 is 21.9 Å². The molecule has 0 aliphatic rings. The maximum Gasteiger partial charge on any atom is 0.245 e. The van der Waals surface area contributed by atoms with Crippen molar-refractivity contribution in [1.29, 1.82) is 5.26 Å². The zero-order valence-corrected chi connectivity index (χ0v) is 12.8. The fraction of sp³-hybridized carbons (Fsp3) is 0.364. The molecule has 0 radical (unpaired) electrons. The van der Waals surface area contributed by atoms with Gasteiger partial charge in [0.1, 0.15) is 10.7 Å². The van der Waals surface area contributed by atoms with Gasteiger partial charge in [-0.05, 0) is 35.0 Å². The Labute approximate surface area is 120 Å². The summed E-state index contributed by atoms with van der Waals surface area (Å²) < 4.78 is 39.0. The van der Waals surface area contributed by atoms with E-state index in [1.54, 1.807) is 6.92 Å². The highest BCUT2D eigenvalue weighted by molar-refractivity contribution is 9.10. The number of nitriles is 1. The molecule has 0 amide bonds. The Balaban J connectivity index is 3.29. The molecule has 0 heterocycles. The molecule has 0 fully saturated rings. The molecule has 0 saturated heterocycles. The van der Waals surface area contributed by atoms with Gasteiger partial charge in [-0.15, -0.1) is 0 Å². The van der Waals surface area contributed by atoms with Crippen LogP contribution in [0.1, 0.15) is 13.3 Å². The maximum absolute atomic E-state index is 13.2. The number of hydrogen-bond donors (Lipinski definition) is 1. The average Bonchev–Trinajstić information content (AvgIpc) is 2.32. The molecule has 0 aromatic heterocycles. The normalized spacial score (nSPS) is 13.3. The van der Waals surface area contributed by atoms with E-state index in [-0.39, 0.29) is 21.5 Å². The zero-order valence-electron chi connectivity index (χ0n) is 10.4. The predicted octanol–water partition coefficient (Wildman–Crippen LogP) is 2.09. The number of rotatable bonds is 4. The first-order chi connectivity index (χ1) is 8.71. The number of halogens is 2. The summed E-state index contributed by atoms with van der Waals surface area (Å²) in [6.07, 6.45) is 0.0536. The molecule has 0 aliphatic carbocycles. The average molecular weight is 350 g/mol. The topological polar surface area (TPSA) is 87.2 Å². The molecule has 2 N–H and O–H groups in total. The zero-order chi connectivity index (χ0) is 14.8. The summed E-state index contributed by atoms with van der Waals surface area (Å²) in [6, 6.07) is 3.46. The smallest absolute Gasteiger partial charge is 0.245 e. The van der Waals surface area contributed by atoms with E-state index in [2.05, 4.69) is 15.9 Å². The molecule has 1 rings (SSSR count). The van der Waals surface area contributed by atoms with Gasteiger partial charge in [0, 0.05) is 13.1 Å². The highest BCUT2D eigenvalue weighted by Gasteiger charge is 2.28. The van der Waals surface area contributed by atoms with Gasteiger partial charge < -0.3 is 5.73 Å². The monoisotopic (exact) mass is 349 g/mol. The lowest BCUT2D eigenvalue weighted by molar-refractivity contribution is 0.393. The number of hydrogen-bond acceptors (Lipinski definition) is 4. The van der Waals surface area contributed by atoms with Crippen LogP contribution in [0.3, 0.4) is 0 Å². The van der Waals surface area contributed by atoms with Crippen molar-refractivity contribution in [2.75, 3.05) is 12.8 Å². The van der Waals surface area contributed by atoms with Crippen molar-refractivity contribution in [3.63, 3.8) is 0 Å². The summed E-state index contributed by atoms with van der Waals surface area (Å²) in [5, 5.41) is 8.60. The summed E-state index contributed by atoms with van der Waals surface area (Å²) >= 11 is 2.92. The van der Waals surface area contributed by atoms with Crippen LogP contribution in [0.2, 0.25) is 0 Å². The fourth-order valence-corrected chi connectivity index (χ4v) is 3.40. The minimum absolute atomic E-state index is 0.0154. The van der Waals surface area contributed by atoms with Crippen molar-refractivity contribution in [2.45, 2.75) is 24.3 Å². The van der Waals surface area contributed by atoms with Crippen LogP contribution in [0.25, 0.3) is 0 Å². The fourth-order valence-electron chi connectivity index (χ4n) is 1.42. The Hall–Kier alpha value is -1.17. The molecule has 0 aliphatic heterocycles. The third-order valence-electron chi connectivity index (χ3n) is 2.72. The molecule has 0 spiro atoms. The largest absolute Gasteiger partial charge is 0.398 e. The van der Waals surface area contributed by atoms with E-state index in [9.17, 15) is 12.8 Å². The van der Waals surface area contributed by atoms with Crippen molar-refractivity contribution in [3.8, 4) is 6.07 Å². The second-order valence-electron chi connectivity index (χ2n) is 4.04. The highest BCUT2D eigenvalue weighted by atomic mass is 79.9. The van der Waals surface area contributed by atoms with Crippen LogP contribution in [-0.2, 0) is 10.0 Å². The number of sulfonamides is 1. The quantitative estimate of drug-likeness (QED) is 0.843. The van der Waals surface area contributed by atoms with Gasteiger partial charge in [0.2, 0.25) is 10.0 Å². The Morgan fingerprint density at radius 2 is 2.16 bits per heavy atom. The Morgan fingerprint density at radius 1 is 1.58 bits per heavy atom. The first-order valence-corrected chi connectivity index (χ1v) is 7.54. The van der Waals surface area contributed by atoms with Crippen molar-refractivity contribution < 1.29 is 12.8 Å². The maximum atomic E-state index is 13.2. The number of anilines is 1. The first kappa shape index (κ1) is 15.9. The minimum Gasteiger partial charge on any atom is -0.398 e. The van der Waals surface area contributed by atoms with E-state index in [0.717, 1.165) is 16.4 Å². The van der Waals surface area contributed by atoms with E-state index >= 15 is 0 Å². The second-order valence-corrected chi connectivity index (χ2v) is 6.86. The number of nitrogens with two attached hydrogens (primary N) is 1. The van der Waals surface area contributed by atoms with Gasteiger partial charge in [0.25, 0.3) is 0 Å².